The fourth-order valence-electron chi connectivity index (χ4n) is 2.15. The molecule has 25 heavy (non-hydrogen) atoms. The summed E-state index contributed by atoms with van der Waals surface area (Å²) in [6, 6.07) is 13.4. The fourth-order valence-corrected chi connectivity index (χ4v) is 2.86. The number of benzene rings is 2. The van der Waals surface area contributed by atoms with Crippen LogP contribution in [0, 0.1) is 6.92 Å². The number of amides is 1. The predicted molar refractivity (Wildman–Crippen MR) is 93.3 cm³/mol. The number of carbonyl (C=O) groups is 1. The van der Waals surface area contributed by atoms with Gasteiger partial charge in [0.1, 0.15) is 5.75 Å². The van der Waals surface area contributed by atoms with E-state index in [0.717, 1.165) is 11.1 Å². The third kappa shape index (κ3) is 4.39. The van der Waals surface area contributed by atoms with Crippen LogP contribution in [0.25, 0.3) is 11.3 Å². The van der Waals surface area contributed by atoms with E-state index >= 15 is 0 Å². The monoisotopic (exact) mass is 360 g/mol. The van der Waals surface area contributed by atoms with E-state index in [1.54, 1.807) is 29.6 Å². The first-order valence-electron chi connectivity index (χ1n) is 7.40. The van der Waals surface area contributed by atoms with Gasteiger partial charge in [-0.05, 0) is 43.3 Å². The Labute approximate surface area is 147 Å². The highest BCUT2D eigenvalue weighted by Gasteiger charge is 2.10. The molecule has 0 unspecified atom stereocenters. The van der Waals surface area contributed by atoms with Gasteiger partial charge in [-0.2, -0.15) is 8.78 Å². The normalized spacial score (nSPS) is 10.7. The number of rotatable bonds is 5. The van der Waals surface area contributed by atoms with Gasteiger partial charge in [0, 0.05) is 16.5 Å². The molecule has 0 aliphatic rings. The number of alkyl halides is 2. The van der Waals surface area contributed by atoms with Crippen molar-refractivity contribution in [3.63, 3.8) is 0 Å². The molecular weight excluding hydrogens is 346 g/mol. The van der Waals surface area contributed by atoms with Crippen molar-refractivity contribution in [2.45, 2.75) is 13.5 Å². The highest BCUT2D eigenvalue weighted by molar-refractivity contribution is 7.14. The number of carbonyl (C=O) groups excluding carboxylic acids is 1. The van der Waals surface area contributed by atoms with Crippen molar-refractivity contribution in [1.29, 1.82) is 0 Å². The van der Waals surface area contributed by atoms with Gasteiger partial charge in [0.15, 0.2) is 5.13 Å². The summed E-state index contributed by atoms with van der Waals surface area (Å²) in [6.45, 7) is -0.902. The van der Waals surface area contributed by atoms with Gasteiger partial charge in [0.2, 0.25) is 0 Å². The summed E-state index contributed by atoms with van der Waals surface area (Å²) >= 11 is 1.29. The highest BCUT2D eigenvalue weighted by Crippen LogP contribution is 2.27. The molecule has 0 aliphatic heterocycles. The van der Waals surface area contributed by atoms with Gasteiger partial charge in [-0.15, -0.1) is 11.3 Å². The van der Waals surface area contributed by atoms with Gasteiger partial charge >= 0.3 is 6.61 Å². The van der Waals surface area contributed by atoms with Crippen molar-refractivity contribution in [3.8, 4) is 17.0 Å². The number of halogens is 2. The van der Waals surface area contributed by atoms with Crippen molar-refractivity contribution >= 4 is 22.4 Å². The summed E-state index contributed by atoms with van der Waals surface area (Å²) in [4.78, 5) is 16.5. The number of ether oxygens (including phenoxy) is 1. The van der Waals surface area contributed by atoms with Crippen LogP contribution in [0.15, 0.2) is 53.9 Å². The number of hydrogen-bond donors (Lipinski definition) is 1. The first-order chi connectivity index (χ1) is 12.0. The predicted octanol–water partition coefficient (Wildman–Crippen LogP) is 4.97. The number of hydrogen-bond acceptors (Lipinski definition) is 4. The lowest BCUT2D eigenvalue weighted by Gasteiger charge is -2.04. The van der Waals surface area contributed by atoms with E-state index in [1.807, 2.05) is 19.1 Å². The molecule has 0 saturated heterocycles. The fraction of sp³-hybridized carbons (Fsp3) is 0.111. The zero-order chi connectivity index (χ0) is 17.8. The minimum Gasteiger partial charge on any atom is -0.435 e. The molecule has 3 rings (SSSR count). The topological polar surface area (TPSA) is 51.2 Å². The molecule has 1 heterocycles. The molecule has 0 atom stereocenters. The van der Waals surface area contributed by atoms with Gasteiger partial charge in [0.25, 0.3) is 5.91 Å². The summed E-state index contributed by atoms with van der Waals surface area (Å²) in [7, 11) is 0. The second-order valence-electron chi connectivity index (χ2n) is 5.26. The standard InChI is InChI=1S/C18H14F2N2O2S/c1-11-2-4-13(5-3-11)16(23)22-18-21-15(10-25-18)12-6-8-14(9-7-12)24-17(19)20/h2-10,17H,1H3,(H,21,22,23). The third-order valence-corrected chi connectivity index (χ3v) is 4.17. The summed E-state index contributed by atoms with van der Waals surface area (Å²) in [6.07, 6.45) is 0. The van der Waals surface area contributed by atoms with E-state index in [2.05, 4.69) is 15.0 Å². The maximum Gasteiger partial charge on any atom is 0.387 e. The van der Waals surface area contributed by atoms with Crippen LogP contribution in [0.4, 0.5) is 13.9 Å². The Kier molecular flexibility index (Phi) is 5.04. The lowest BCUT2D eigenvalue weighted by Crippen LogP contribution is -2.11. The number of thiazole rings is 1. The average Bonchev–Trinajstić information content (AvgIpc) is 3.04. The van der Waals surface area contributed by atoms with Gasteiger partial charge in [-0.3, -0.25) is 10.1 Å². The minimum absolute atomic E-state index is 0.0851. The Morgan fingerprint density at radius 2 is 1.80 bits per heavy atom. The van der Waals surface area contributed by atoms with Crippen molar-refractivity contribution in [2.75, 3.05) is 5.32 Å². The van der Waals surface area contributed by atoms with E-state index in [4.69, 9.17) is 0 Å². The first kappa shape index (κ1) is 17.0. The van der Waals surface area contributed by atoms with Gasteiger partial charge < -0.3 is 4.74 Å². The minimum atomic E-state index is -2.85. The van der Waals surface area contributed by atoms with E-state index in [9.17, 15) is 13.6 Å². The summed E-state index contributed by atoms with van der Waals surface area (Å²) in [5, 5.41) is 5.00. The molecular formula is C18H14F2N2O2S. The van der Waals surface area contributed by atoms with E-state index < -0.39 is 6.61 Å². The summed E-state index contributed by atoms with van der Waals surface area (Å²) in [5.74, 6) is -0.150. The number of aromatic nitrogens is 1. The molecule has 1 N–H and O–H groups in total. The molecule has 0 aliphatic carbocycles. The molecule has 1 amide bonds. The summed E-state index contributed by atoms with van der Waals surface area (Å²) in [5.41, 5.74) is 3.02. The zero-order valence-electron chi connectivity index (χ0n) is 13.2. The van der Waals surface area contributed by atoms with Crippen molar-refractivity contribution < 1.29 is 18.3 Å². The van der Waals surface area contributed by atoms with Crippen LogP contribution in [0.2, 0.25) is 0 Å². The van der Waals surface area contributed by atoms with Crippen LogP contribution >= 0.6 is 11.3 Å². The molecule has 1 aromatic heterocycles. The van der Waals surface area contributed by atoms with Crippen LogP contribution in [-0.2, 0) is 0 Å². The lowest BCUT2D eigenvalue weighted by molar-refractivity contribution is -0.0498. The van der Waals surface area contributed by atoms with Crippen LogP contribution in [0.5, 0.6) is 5.75 Å². The van der Waals surface area contributed by atoms with Crippen LogP contribution in [-0.4, -0.2) is 17.5 Å². The van der Waals surface area contributed by atoms with E-state index in [0.29, 0.717) is 16.4 Å². The number of anilines is 1. The zero-order valence-corrected chi connectivity index (χ0v) is 14.0. The maximum atomic E-state index is 12.2. The molecule has 0 spiro atoms. The summed E-state index contributed by atoms with van der Waals surface area (Å²) < 4.78 is 28.6. The molecule has 128 valence electrons. The maximum absolute atomic E-state index is 12.2. The van der Waals surface area contributed by atoms with Crippen molar-refractivity contribution in [1.82, 2.24) is 4.98 Å². The number of nitrogens with zero attached hydrogens (tertiary/aromatic N) is 1. The lowest BCUT2D eigenvalue weighted by atomic mass is 10.1. The number of nitrogens with one attached hydrogen (secondary N) is 1. The molecule has 2 aromatic carbocycles. The Morgan fingerprint density at radius 1 is 1.12 bits per heavy atom. The third-order valence-electron chi connectivity index (χ3n) is 3.41. The largest absolute Gasteiger partial charge is 0.435 e. The Balaban J connectivity index is 1.69. The second-order valence-corrected chi connectivity index (χ2v) is 6.12. The molecule has 3 aromatic rings. The number of aryl methyl sites for hydroxylation is 1. The molecule has 0 saturated carbocycles. The first-order valence-corrected chi connectivity index (χ1v) is 8.28. The molecule has 0 fully saturated rings. The smallest absolute Gasteiger partial charge is 0.387 e. The Hall–Kier alpha value is -2.80. The van der Waals surface area contributed by atoms with Crippen LogP contribution in [0.1, 0.15) is 15.9 Å². The van der Waals surface area contributed by atoms with Crippen LogP contribution in [0.3, 0.4) is 0 Å². The molecule has 0 bridgehead atoms. The van der Waals surface area contributed by atoms with Crippen LogP contribution < -0.4 is 10.1 Å². The van der Waals surface area contributed by atoms with Gasteiger partial charge in [0.05, 0.1) is 5.69 Å². The molecule has 7 heteroatoms. The van der Waals surface area contributed by atoms with Gasteiger partial charge in [-0.1, -0.05) is 17.7 Å². The Morgan fingerprint density at radius 3 is 2.44 bits per heavy atom. The SMILES string of the molecule is Cc1ccc(C(=O)Nc2nc(-c3ccc(OC(F)F)cc3)cs2)cc1. The van der Waals surface area contributed by atoms with E-state index in [1.165, 1.54) is 23.5 Å². The second kappa shape index (κ2) is 7.40. The van der Waals surface area contributed by atoms with Crippen molar-refractivity contribution in [3.05, 3.63) is 65.0 Å². The highest BCUT2D eigenvalue weighted by atomic mass is 32.1. The average molecular weight is 360 g/mol. The van der Waals surface area contributed by atoms with Crippen molar-refractivity contribution in [2.24, 2.45) is 0 Å². The quantitative estimate of drug-likeness (QED) is 0.699. The van der Waals surface area contributed by atoms with Gasteiger partial charge in [-0.25, -0.2) is 4.98 Å². The molecule has 0 radical (unpaired) electrons. The Bertz CT molecular complexity index is 862. The molecule has 4 nitrogen and oxygen atoms in total. The van der Waals surface area contributed by atoms with E-state index in [-0.39, 0.29) is 11.7 Å².